The van der Waals surface area contributed by atoms with Gasteiger partial charge in [-0.05, 0) is 19.3 Å². The maximum atomic E-state index is 12.4. The lowest BCUT2D eigenvalue weighted by Gasteiger charge is -2.41. The molecule has 0 aromatic rings. The molecule has 0 spiro atoms. The second kappa shape index (κ2) is 12.9. The Balaban J connectivity index is 2.23. The van der Waals surface area contributed by atoms with Crippen LogP contribution in [0.4, 0.5) is 0 Å². The number of amides is 1. The van der Waals surface area contributed by atoms with Crippen LogP contribution in [0.15, 0.2) is 16.9 Å². The molecular formula is C23H43N4O5S+. The number of quaternary nitrogens is 1. The number of nitrogens with zero attached hydrogens (tertiary/aromatic N) is 2. The van der Waals surface area contributed by atoms with Crippen molar-refractivity contribution in [3.63, 3.8) is 0 Å². The van der Waals surface area contributed by atoms with Gasteiger partial charge >= 0.3 is 0 Å². The molecule has 33 heavy (non-hydrogen) atoms. The van der Waals surface area contributed by atoms with Crippen LogP contribution in [0.3, 0.4) is 0 Å². The number of sulfonamides is 1. The number of hydrogen-bond donors (Lipinski definition) is 4. The maximum Gasteiger partial charge on any atom is 0.217 e. The highest BCUT2D eigenvalue weighted by Gasteiger charge is 2.45. The normalized spacial score (nSPS) is 24.4. The topological polar surface area (TPSA) is 142 Å². The summed E-state index contributed by atoms with van der Waals surface area (Å²) >= 11 is 0. The number of primary amides is 1. The number of nitrogens with two attached hydrogens (primary N) is 1. The van der Waals surface area contributed by atoms with Gasteiger partial charge in [-0.15, -0.1) is 0 Å². The van der Waals surface area contributed by atoms with E-state index in [1.165, 1.54) is 6.42 Å². The summed E-state index contributed by atoms with van der Waals surface area (Å²) < 4.78 is 27.6. The van der Waals surface area contributed by atoms with Crippen LogP contribution >= 0.6 is 0 Å². The largest absolute Gasteiger partial charge is 0.389 e. The number of carbonyl (C=O) groups is 1. The van der Waals surface area contributed by atoms with E-state index < -0.39 is 39.9 Å². The van der Waals surface area contributed by atoms with Gasteiger partial charge in [0.25, 0.3) is 0 Å². The summed E-state index contributed by atoms with van der Waals surface area (Å²) in [6, 6.07) is -0.436. The molecule has 2 rings (SSSR count). The minimum absolute atomic E-state index is 0.188. The zero-order chi connectivity index (χ0) is 24.5. The molecule has 3 unspecified atom stereocenters. The fourth-order valence-electron chi connectivity index (χ4n) is 4.92. The van der Waals surface area contributed by atoms with Gasteiger partial charge in [0.05, 0.1) is 18.0 Å². The van der Waals surface area contributed by atoms with E-state index in [-0.39, 0.29) is 10.9 Å². The number of unbranched alkanes of at least 4 members (excludes halogenated alkanes) is 1. The van der Waals surface area contributed by atoms with Crippen LogP contribution in [-0.4, -0.2) is 72.5 Å². The smallest absolute Gasteiger partial charge is 0.217 e. The van der Waals surface area contributed by atoms with Crippen molar-refractivity contribution in [1.29, 1.82) is 0 Å². The number of aliphatic hydroxyl groups is 2. The third-order valence-corrected chi connectivity index (χ3v) is 8.38. The number of nitrogens with one attached hydrogen (secondary N) is 1. The molecule has 0 aromatic heterocycles. The van der Waals surface area contributed by atoms with Crippen molar-refractivity contribution >= 4 is 22.3 Å². The number of allylic oxidation sites excluding steroid dienone is 1. The third kappa shape index (κ3) is 8.43. The van der Waals surface area contributed by atoms with Gasteiger partial charge in [-0.1, -0.05) is 45.4 Å². The Morgan fingerprint density at radius 2 is 1.97 bits per heavy atom. The summed E-state index contributed by atoms with van der Waals surface area (Å²) in [4.78, 5) is 15.7. The van der Waals surface area contributed by atoms with Crippen LogP contribution in [0.5, 0.6) is 0 Å². The molecule has 0 saturated heterocycles. The monoisotopic (exact) mass is 487 g/mol. The van der Waals surface area contributed by atoms with E-state index in [2.05, 4.69) is 9.71 Å². The minimum atomic E-state index is -3.71. The lowest BCUT2D eigenvalue weighted by Crippen LogP contribution is -2.59. The molecule has 4 atom stereocenters. The molecule has 1 amide bonds. The predicted octanol–water partition coefficient (Wildman–Crippen LogP) is 1.75. The van der Waals surface area contributed by atoms with Crippen molar-refractivity contribution in [1.82, 2.24) is 4.72 Å². The fourth-order valence-corrected chi connectivity index (χ4v) is 6.14. The van der Waals surface area contributed by atoms with Crippen molar-refractivity contribution in [2.75, 3.05) is 18.8 Å². The van der Waals surface area contributed by atoms with E-state index in [1.54, 1.807) is 6.34 Å². The molecule has 1 saturated carbocycles. The van der Waals surface area contributed by atoms with E-state index >= 15 is 0 Å². The highest BCUT2D eigenvalue weighted by atomic mass is 32.2. The Kier molecular flexibility index (Phi) is 10.9. The van der Waals surface area contributed by atoms with E-state index in [1.807, 2.05) is 20.0 Å². The fraction of sp³-hybridized carbons (Fsp3) is 0.826. The predicted molar refractivity (Wildman–Crippen MR) is 129 cm³/mol. The molecular weight excluding hydrogens is 444 g/mol. The summed E-state index contributed by atoms with van der Waals surface area (Å²) in [7, 11) is -3.71. The molecule has 1 fully saturated rings. The van der Waals surface area contributed by atoms with E-state index in [0.29, 0.717) is 38.3 Å². The van der Waals surface area contributed by atoms with Gasteiger partial charge in [-0.2, -0.15) is 0 Å². The second-order valence-corrected chi connectivity index (χ2v) is 11.4. The summed E-state index contributed by atoms with van der Waals surface area (Å²) in [5.41, 5.74) is 6.01. The maximum absolute atomic E-state index is 12.4. The van der Waals surface area contributed by atoms with Gasteiger partial charge in [-0.3, -0.25) is 4.79 Å². The lowest BCUT2D eigenvalue weighted by molar-refractivity contribution is -0.813. The molecule has 10 heteroatoms. The zero-order valence-electron chi connectivity index (χ0n) is 20.2. The van der Waals surface area contributed by atoms with Gasteiger partial charge in [0, 0.05) is 25.8 Å². The first-order chi connectivity index (χ1) is 15.6. The molecule has 0 bridgehead atoms. The molecule has 0 aromatic carbocycles. The van der Waals surface area contributed by atoms with E-state index in [9.17, 15) is 23.4 Å². The van der Waals surface area contributed by atoms with Crippen molar-refractivity contribution in [3.8, 4) is 0 Å². The Morgan fingerprint density at radius 1 is 1.27 bits per heavy atom. The van der Waals surface area contributed by atoms with E-state index in [0.717, 1.165) is 37.8 Å². The average molecular weight is 488 g/mol. The Hall–Kier alpha value is -1.33. The third-order valence-electron chi connectivity index (χ3n) is 6.95. The number of aliphatic hydroxyl groups excluding tert-OH is 2. The van der Waals surface area contributed by atoms with Gasteiger partial charge < -0.3 is 15.9 Å². The summed E-state index contributed by atoms with van der Waals surface area (Å²) in [6.07, 6.45) is 9.50. The summed E-state index contributed by atoms with van der Waals surface area (Å²) in [6.45, 7) is 4.86. The van der Waals surface area contributed by atoms with Crippen molar-refractivity contribution in [2.24, 2.45) is 16.6 Å². The standard InChI is InChI=1S/C23H42N4O5S/c1-3-5-13-26-33(31,32)16-21(28)23(30)20(14-18-9-7-6-8-10-18)27(4-2)15-19(25-17-27)11-12-22(24)29/h15,17-18,20-21,23,26,28,30H,3-14,16H2,1-2H3,(H-,24,29)/p+1/t20?,21?,23?,27-/m1/s1. The molecule has 1 aliphatic carbocycles. The van der Waals surface area contributed by atoms with Crippen LogP contribution < -0.4 is 10.5 Å². The number of carbonyl (C=O) groups excluding carboxylic acids is 1. The number of aliphatic imine (C=N–C) groups is 1. The van der Waals surface area contributed by atoms with Crippen LogP contribution in [0.2, 0.25) is 0 Å². The SMILES string of the molecule is CCCCNS(=O)(=O)CC(O)C(O)C(CC1CCCCC1)[N@@+]1(CC)C=NC(CCC(N)=O)=C1. The van der Waals surface area contributed by atoms with Gasteiger partial charge in [0.15, 0.2) is 6.34 Å². The number of likely N-dealkylation sites (N-methyl/N-ethyl adjacent to an activating group) is 1. The van der Waals surface area contributed by atoms with Crippen LogP contribution in [0.25, 0.3) is 0 Å². The van der Waals surface area contributed by atoms with Crippen LogP contribution in [0, 0.1) is 5.92 Å². The van der Waals surface area contributed by atoms with Crippen LogP contribution in [-0.2, 0) is 14.8 Å². The zero-order valence-corrected chi connectivity index (χ0v) is 21.0. The molecule has 1 aliphatic heterocycles. The first-order valence-corrected chi connectivity index (χ1v) is 14.0. The van der Waals surface area contributed by atoms with Gasteiger partial charge in [0.1, 0.15) is 24.4 Å². The minimum Gasteiger partial charge on any atom is -0.389 e. The molecule has 5 N–H and O–H groups in total. The lowest BCUT2D eigenvalue weighted by atomic mass is 9.82. The Morgan fingerprint density at radius 3 is 2.58 bits per heavy atom. The number of rotatable bonds is 15. The van der Waals surface area contributed by atoms with Gasteiger partial charge in [0.2, 0.25) is 15.9 Å². The second-order valence-electron chi connectivity index (χ2n) is 9.54. The summed E-state index contributed by atoms with van der Waals surface area (Å²) in [5.74, 6) is -0.538. The molecule has 190 valence electrons. The average Bonchev–Trinajstić information content (AvgIpc) is 3.20. The molecule has 0 radical (unpaired) electrons. The van der Waals surface area contributed by atoms with Crippen LogP contribution in [0.1, 0.15) is 78.1 Å². The Labute approximate surface area is 198 Å². The van der Waals surface area contributed by atoms with E-state index in [4.69, 9.17) is 5.73 Å². The molecule has 2 aliphatic rings. The van der Waals surface area contributed by atoms with Gasteiger partial charge in [-0.25, -0.2) is 22.6 Å². The first-order valence-electron chi connectivity index (χ1n) is 12.4. The van der Waals surface area contributed by atoms with Crippen molar-refractivity contribution in [3.05, 3.63) is 11.9 Å². The van der Waals surface area contributed by atoms with Crippen molar-refractivity contribution < 1.29 is 27.9 Å². The Bertz CT molecular complexity index is 795. The quantitative estimate of drug-likeness (QED) is 0.206. The molecule has 9 nitrogen and oxygen atoms in total. The highest BCUT2D eigenvalue weighted by Crippen LogP contribution is 2.35. The number of hydrogen-bond acceptors (Lipinski definition) is 6. The highest BCUT2D eigenvalue weighted by molar-refractivity contribution is 7.89. The molecule has 1 heterocycles. The summed E-state index contributed by atoms with van der Waals surface area (Å²) in [5, 5.41) is 22.1. The van der Waals surface area contributed by atoms with Crippen molar-refractivity contribution in [2.45, 2.75) is 96.3 Å². The first kappa shape index (κ1) is 27.9.